The Bertz CT molecular complexity index is 1220. The van der Waals surface area contributed by atoms with Crippen LogP contribution < -0.4 is 11.3 Å². The fourth-order valence-corrected chi connectivity index (χ4v) is 3.46. The summed E-state index contributed by atoms with van der Waals surface area (Å²) in [6.07, 6.45) is 3.33. The molecule has 0 saturated carbocycles. The average molecular weight is 351 g/mol. The molecule has 132 valence electrons. The van der Waals surface area contributed by atoms with E-state index in [9.17, 15) is 9.18 Å². The van der Waals surface area contributed by atoms with Gasteiger partial charge in [0.15, 0.2) is 0 Å². The van der Waals surface area contributed by atoms with Gasteiger partial charge in [0, 0.05) is 17.1 Å². The number of rotatable bonds is 2. The fourth-order valence-electron chi connectivity index (χ4n) is 3.46. The van der Waals surface area contributed by atoms with Gasteiger partial charge in [0.1, 0.15) is 17.0 Å². The van der Waals surface area contributed by atoms with Crippen LogP contribution in [0.25, 0.3) is 33.1 Å². The minimum absolute atomic E-state index is 0.0517. The SMILES string of the molecule is Cc1c(C(C)C)cnc2c(-c3ccc(F)c4[nH]ncc34)c(N)c(=O)[nH]c12. The van der Waals surface area contributed by atoms with Crippen LogP contribution in [0.15, 0.2) is 29.3 Å². The summed E-state index contributed by atoms with van der Waals surface area (Å²) >= 11 is 0. The third-order valence-corrected chi connectivity index (χ3v) is 4.82. The third-order valence-electron chi connectivity index (χ3n) is 4.82. The molecule has 0 unspecified atom stereocenters. The van der Waals surface area contributed by atoms with Crippen molar-refractivity contribution in [3.63, 3.8) is 0 Å². The van der Waals surface area contributed by atoms with Gasteiger partial charge in [0.2, 0.25) is 0 Å². The Labute approximate surface area is 148 Å². The molecule has 4 N–H and O–H groups in total. The molecule has 6 nitrogen and oxygen atoms in total. The Balaban J connectivity index is 2.17. The van der Waals surface area contributed by atoms with E-state index in [0.29, 0.717) is 27.5 Å². The van der Waals surface area contributed by atoms with Gasteiger partial charge in [0.05, 0.1) is 17.2 Å². The van der Waals surface area contributed by atoms with E-state index in [1.807, 2.05) is 6.92 Å². The third kappa shape index (κ3) is 2.20. The summed E-state index contributed by atoms with van der Waals surface area (Å²) in [4.78, 5) is 19.9. The molecule has 0 saturated heterocycles. The van der Waals surface area contributed by atoms with Gasteiger partial charge in [-0.25, -0.2) is 4.39 Å². The van der Waals surface area contributed by atoms with Crippen molar-refractivity contribution in [2.75, 3.05) is 5.73 Å². The van der Waals surface area contributed by atoms with Crippen LogP contribution in [-0.4, -0.2) is 20.2 Å². The molecule has 3 heterocycles. The number of aromatic nitrogens is 4. The Kier molecular flexibility index (Phi) is 3.54. The number of nitrogen functional groups attached to an aromatic ring is 1. The normalized spacial score (nSPS) is 11.7. The highest BCUT2D eigenvalue weighted by Gasteiger charge is 2.20. The van der Waals surface area contributed by atoms with Gasteiger partial charge in [-0.3, -0.25) is 14.9 Å². The number of nitrogens with zero attached hydrogens (tertiary/aromatic N) is 2. The standard InChI is InChI=1S/C19H18FN5O/c1-8(2)11-6-22-18-14(15(21)19(26)24-16(18)9(11)3)10-4-5-13(20)17-12(10)7-23-25-17/h4-8H,21H2,1-3H3,(H,23,25)(H,24,26). The van der Waals surface area contributed by atoms with Gasteiger partial charge in [0.25, 0.3) is 5.56 Å². The number of H-pyrrole nitrogens is 2. The molecule has 0 bridgehead atoms. The van der Waals surface area contributed by atoms with E-state index in [1.165, 1.54) is 12.3 Å². The molecule has 0 fully saturated rings. The quantitative estimate of drug-likeness (QED) is 0.513. The van der Waals surface area contributed by atoms with Gasteiger partial charge in [-0.15, -0.1) is 0 Å². The number of aryl methyl sites for hydroxylation is 1. The molecule has 0 aliphatic rings. The molecular weight excluding hydrogens is 333 g/mol. The first-order chi connectivity index (χ1) is 12.4. The summed E-state index contributed by atoms with van der Waals surface area (Å²) in [7, 11) is 0. The van der Waals surface area contributed by atoms with E-state index in [4.69, 9.17) is 5.73 Å². The highest BCUT2D eigenvalue weighted by atomic mass is 19.1. The number of benzene rings is 1. The Morgan fingerprint density at radius 3 is 2.69 bits per heavy atom. The number of aromatic amines is 2. The van der Waals surface area contributed by atoms with Gasteiger partial charge >= 0.3 is 0 Å². The molecule has 7 heteroatoms. The van der Waals surface area contributed by atoms with Crippen LogP contribution in [0.4, 0.5) is 10.1 Å². The lowest BCUT2D eigenvalue weighted by molar-refractivity contribution is 0.636. The van der Waals surface area contributed by atoms with Crippen molar-refractivity contribution in [1.29, 1.82) is 0 Å². The largest absolute Gasteiger partial charge is 0.394 e. The maximum Gasteiger partial charge on any atom is 0.272 e. The summed E-state index contributed by atoms with van der Waals surface area (Å²) in [6.45, 7) is 6.09. The van der Waals surface area contributed by atoms with E-state index in [-0.39, 0.29) is 22.7 Å². The van der Waals surface area contributed by atoms with E-state index in [0.717, 1.165) is 11.1 Å². The summed E-state index contributed by atoms with van der Waals surface area (Å²) < 4.78 is 14.0. The van der Waals surface area contributed by atoms with Crippen LogP contribution in [0, 0.1) is 12.7 Å². The highest BCUT2D eigenvalue weighted by Crippen LogP contribution is 2.36. The smallest absolute Gasteiger partial charge is 0.272 e. The summed E-state index contributed by atoms with van der Waals surface area (Å²) in [5, 5.41) is 7.12. The first kappa shape index (κ1) is 16.3. The zero-order chi connectivity index (χ0) is 18.6. The van der Waals surface area contributed by atoms with Gasteiger partial charge in [-0.2, -0.15) is 5.10 Å². The minimum Gasteiger partial charge on any atom is -0.394 e. The summed E-state index contributed by atoms with van der Waals surface area (Å²) in [5.41, 5.74) is 10.4. The van der Waals surface area contributed by atoms with Crippen LogP contribution >= 0.6 is 0 Å². The average Bonchev–Trinajstić information content (AvgIpc) is 3.09. The number of hydrogen-bond acceptors (Lipinski definition) is 4. The van der Waals surface area contributed by atoms with Crippen LogP contribution in [0.2, 0.25) is 0 Å². The fraction of sp³-hybridized carbons (Fsp3) is 0.211. The van der Waals surface area contributed by atoms with Gasteiger partial charge < -0.3 is 10.7 Å². The second-order valence-corrected chi connectivity index (χ2v) is 6.71. The van der Waals surface area contributed by atoms with E-state index < -0.39 is 5.82 Å². The first-order valence-corrected chi connectivity index (χ1v) is 8.33. The molecule has 4 rings (SSSR count). The van der Waals surface area contributed by atoms with Crippen LogP contribution in [0.3, 0.4) is 0 Å². The zero-order valence-electron chi connectivity index (χ0n) is 14.6. The van der Waals surface area contributed by atoms with Crippen molar-refractivity contribution in [1.82, 2.24) is 20.2 Å². The lowest BCUT2D eigenvalue weighted by Gasteiger charge is -2.15. The summed E-state index contributed by atoms with van der Waals surface area (Å²) in [6, 6.07) is 2.93. The number of nitrogens with one attached hydrogen (secondary N) is 2. The lowest BCUT2D eigenvalue weighted by atomic mass is 9.95. The molecule has 26 heavy (non-hydrogen) atoms. The van der Waals surface area contributed by atoms with Crippen molar-refractivity contribution in [3.05, 3.63) is 51.8 Å². The molecule has 0 amide bonds. The van der Waals surface area contributed by atoms with Gasteiger partial charge in [-0.1, -0.05) is 19.9 Å². The molecule has 1 aromatic carbocycles. The number of halogens is 1. The maximum absolute atomic E-state index is 14.0. The molecule has 4 aromatic rings. The van der Waals surface area contributed by atoms with Crippen molar-refractivity contribution in [2.24, 2.45) is 0 Å². The molecule has 3 aromatic heterocycles. The molecule has 0 aliphatic carbocycles. The molecule has 0 spiro atoms. The number of hydrogen-bond donors (Lipinski definition) is 3. The lowest BCUT2D eigenvalue weighted by Crippen LogP contribution is -2.15. The highest BCUT2D eigenvalue weighted by molar-refractivity contribution is 6.06. The maximum atomic E-state index is 14.0. The van der Waals surface area contributed by atoms with Crippen LogP contribution in [-0.2, 0) is 0 Å². The molecule has 0 atom stereocenters. The Morgan fingerprint density at radius 1 is 1.19 bits per heavy atom. The van der Waals surface area contributed by atoms with Crippen molar-refractivity contribution in [3.8, 4) is 11.1 Å². The monoisotopic (exact) mass is 351 g/mol. The van der Waals surface area contributed by atoms with E-state index in [1.54, 1.807) is 12.3 Å². The van der Waals surface area contributed by atoms with Crippen molar-refractivity contribution >= 4 is 27.6 Å². The predicted octanol–water partition coefficient (Wildman–Crippen LogP) is 3.62. The second-order valence-electron chi connectivity index (χ2n) is 6.71. The van der Waals surface area contributed by atoms with Crippen LogP contribution in [0.1, 0.15) is 30.9 Å². The Hall–Kier alpha value is -3.22. The predicted molar refractivity (Wildman–Crippen MR) is 101 cm³/mol. The molecular formula is C19H18FN5O. The summed E-state index contributed by atoms with van der Waals surface area (Å²) in [5.74, 6) is -0.150. The Morgan fingerprint density at radius 2 is 1.96 bits per heavy atom. The number of fused-ring (bicyclic) bond motifs is 2. The number of nitrogens with two attached hydrogens (primary N) is 1. The van der Waals surface area contributed by atoms with E-state index >= 15 is 0 Å². The first-order valence-electron chi connectivity index (χ1n) is 8.33. The topological polar surface area (TPSA) is 100 Å². The second kappa shape index (κ2) is 5.66. The molecule has 0 radical (unpaired) electrons. The van der Waals surface area contributed by atoms with Crippen molar-refractivity contribution < 1.29 is 4.39 Å². The van der Waals surface area contributed by atoms with Crippen molar-refractivity contribution in [2.45, 2.75) is 26.7 Å². The van der Waals surface area contributed by atoms with Crippen LogP contribution in [0.5, 0.6) is 0 Å². The molecule has 0 aliphatic heterocycles. The number of pyridine rings is 2. The van der Waals surface area contributed by atoms with Gasteiger partial charge in [-0.05, 0) is 35.6 Å². The minimum atomic E-state index is -0.416. The van der Waals surface area contributed by atoms with E-state index in [2.05, 4.69) is 34.0 Å². The number of anilines is 1. The zero-order valence-corrected chi connectivity index (χ0v) is 14.6.